The number of carbonyl (C=O) groups excluding carboxylic acids is 2. The van der Waals surface area contributed by atoms with Crippen LogP contribution in [0.5, 0.6) is 0 Å². The van der Waals surface area contributed by atoms with Gasteiger partial charge in [-0.25, -0.2) is 4.79 Å². The Balaban J connectivity index is 1.82. The van der Waals surface area contributed by atoms with Crippen LogP contribution in [0.3, 0.4) is 0 Å². The monoisotopic (exact) mass is 370 g/mol. The van der Waals surface area contributed by atoms with Crippen LogP contribution in [0.1, 0.15) is 44.4 Å². The number of nitrogens with one attached hydrogen (secondary N) is 1. The van der Waals surface area contributed by atoms with Crippen LogP contribution in [0, 0.1) is 0 Å². The molecule has 0 aliphatic carbocycles. The molecular formula is C21H23ClN2O2. The average Bonchev–Trinajstić information content (AvgIpc) is 2.79. The van der Waals surface area contributed by atoms with Gasteiger partial charge >= 0.3 is 6.03 Å². The topological polar surface area (TPSA) is 49.4 Å². The Morgan fingerprint density at radius 2 is 1.58 bits per heavy atom. The Kier molecular flexibility index (Phi) is 4.57. The van der Waals surface area contributed by atoms with Crippen molar-refractivity contribution >= 4 is 23.5 Å². The molecule has 0 bridgehead atoms. The maximum absolute atomic E-state index is 13.0. The van der Waals surface area contributed by atoms with E-state index in [4.69, 9.17) is 11.6 Å². The fraction of sp³-hybridized carbons (Fsp3) is 0.333. The third kappa shape index (κ3) is 3.34. The minimum atomic E-state index is -1.08. The molecule has 136 valence electrons. The minimum absolute atomic E-state index is 0.0620. The van der Waals surface area contributed by atoms with Gasteiger partial charge in [0.05, 0.1) is 6.54 Å². The molecule has 1 aliphatic heterocycles. The van der Waals surface area contributed by atoms with Crippen LogP contribution in [0.25, 0.3) is 0 Å². The number of hydrogen-bond donors (Lipinski definition) is 1. The van der Waals surface area contributed by atoms with E-state index in [0.717, 1.165) is 5.56 Å². The van der Waals surface area contributed by atoms with Crippen LogP contribution in [-0.2, 0) is 22.3 Å². The van der Waals surface area contributed by atoms with E-state index in [0.29, 0.717) is 10.6 Å². The van der Waals surface area contributed by atoms with Crippen LogP contribution in [-0.4, -0.2) is 16.8 Å². The van der Waals surface area contributed by atoms with Gasteiger partial charge in [0.1, 0.15) is 5.54 Å². The molecule has 0 radical (unpaired) electrons. The van der Waals surface area contributed by atoms with Crippen LogP contribution in [0.2, 0.25) is 5.02 Å². The normalized spacial score (nSPS) is 20.4. The molecule has 1 aliphatic rings. The van der Waals surface area contributed by atoms with Crippen molar-refractivity contribution in [3.8, 4) is 0 Å². The van der Waals surface area contributed by atoms with E-state index >= 15 is 0 Å². The molecule has 0 saturated carbocycles. The fourth-order valence-corrected chi connectivity index (χ4v) is 3.24. The average molecular weight is 371 g/mol. The molecule has 2 aromatic rings. The van der Waals surface area contributed by atoms with Gasteiger partial charge in [-0.2, -0.15) is 0 Å². The van der Waals surface area contributed by atoms with Gasteiger partial charge in [0.25, 0.3) is 5.91 Å². The predicted octanol–water partition coefficient (Wildman–Crippen LogP) is 4.60. The maximum atomic E-state index is 13.0. The molecule has 4 nitrogen and oxygen atoms in total. The van der Waals surface area contributed by atoms with E-state index in [1.807, 2.05) is 24.3 Å². The van der Waals surface area contributed by atoms with E-state index < -0.39 is 5.54 Å². The number of imide groups is 1. The van der Waals surface area contributed by atoms with Crippen LogP contribution >= 0.6 is 11.6 Å². The smallest absolute Gasteiger partial charge is 0.319 e. The summed E-state index contributed by atoms with van der Waals surface area (Å²) in [5.41, 5.74) is 1.83. The van der Waals surface area contributed by atoms with Crippen molar-refractivity contribution in [2.24, 2.45) is 0 Å². The van der Waals surface area contributed by atoms with E-state index in [9.17, 15) is 9.59 Å². The number of rotatable bonds is 3. The van der Waals surface area contributed by atoms with Crippen LogP contribution in [0.15, 0.2) is 48.5 Å². The van der Waals surface area contributed by atoms with Gasteiger partial charge in [-0.1, -0.05) is 68.8 Å². The highest BCUT2D eigenvalue weighted by atomic mass is 35.5. The molecule has 1 saturated heterocycles. The summed E-state index contributed by atoms with van der Waals surface area (Å²) in [5, 5.41) is 3.40. The number of benzene rings is 2. The molecule has 1 N–H and O–H groups in total. The van der Waals surface area contributed by atoms with Crippen LogP contribution in [0.4, 0.5) is 4.79 Å². The number of carbonyl (C=O) groups is 2. The Hall–Kier alpha value is -2.33. The number of halogens is 1. The first-order valence-electron chi connectivity index (χ1n) is 8.61. The third-order valence-corrected chi connectivity index (χ3v) is 5.11. The highest BCUT2D eigenvalue weighted by Gasteiger charge is 2.48. The zero-order valence-corrected chi connectivity index (χ0v) is 16.2. The summed E-state index contributed by atoms with van der Waals surface area (Å²) in [6.07, 6.45) is 0. The second-order valence-electron chi connectivity index (χ2n) is 7.90. The van der Waals surface area contributed by atoms with E-state index in [1.165, 1.54) is 10.5 Å². The molecule has 5 heteroatoms. The van der Waals surface area contributed by atoms with Gasteiger partial charge in [0.15, 0.2) is 0 Å². The Bertz CT molecular complexity index is 838. The largest absolute Gasteiger partial charge is 0.325 e. The molecule has 0 aromatic heterocycles. The molecule has 1 atom stereocenters. The molecule has 1 fully saturated rings. The maximum Gasteiger partial charge on any atom is 0.325 e. The summed E-state index contributed by atoms with van der Waals surface area (Å²) in [6, 6.07) is 14.6. The number of hydrogen-bond acceptors (Lipinski definition) is 2. The lowest BCUT2D eigenvalue weighted by atomic mass is 9.86. The van der Waals surface area contributed by atoms with Crippen molar-refractivity contribution in [3.05, 3.63) is 70.2 Å². The molecule has 2 aromatic carbocycles. The minimum Gasteiger partial charge on any atom is -0.319 e. The van der Waals surface area contributed by atoms with Crippen molar-refractivity contribution in [2.75, 3.05) is 0 Å². The molecular weight excluding hydrogens is 348 g/mol. The van der Waals surface area contributed by atoms with Gasteiger partial charge < -0.3 is 5.32 Å². The van der Waals surface area contributed by atoms with Crippen LogP contribution < -0.4 is 5.32 Å². The quantitative estimate of drug-likeness (QED) is 0.802. The first-order chi connectivity index (χ1) is 12.1. The van der Waals surface area contributed by atoms with Crippen molar-refractivity contribution in [1.82, 2.24) is 10.2 Å². The zero-order chi connectivity index (χ0) is 19.1. The summed E-state index contributed by atoms with van der Waals surface area (Å²) < 4.78 is 0. The van der Waals surface area contributed by atoms with E-state index in [-0.39, 0.29) is 23.9 Å². The lowest BCUT2D eigenvalue weighted by molar-refractivity contribution is -0.131. The molecule has 3 amide bonds. The Labute approximate surface area is 159 Å². The van der Waals surface area contributed by atoms with Gasteiger partial charge in [0, 0.05) is 5.02 Å². The predicted molar refractivity (Wildman–Crippen MR) is 103 cm³/mol. The number of nitrogens with zero attached hydrogens (tertiary/aromatic N) is 1. The summed E-state index contributed by atoms with van der Waals surface area (Å²) in [6.45, 7) is 8.42. The molecule has 1 heterocycles. The summed E-state index contributed by atoms with van der Waals surface area (Å²) in [5.74, 6) is -0.260. The second kappa shape index (κ2) is 6.44. The van der Waals surface area contributed by atoms with Gasteiger partial charge in [0.2, 0.25) is 0 Å². The zero-order valence-electron chi connectivity index (χ0n) is 15.5. The van der Waals surface area contributed by atoms with Crippen molar-refractivity contribution in [1.29, 1.82) is 0 Å². The van der Waals surface area contributed by atoms with Crippen molar-refractivity contribution in [2.45, 2.75) is 45.2 Å². The molecule has 0 spiro atoms. The summed E-state index contributed by atoms with van der Waals surface area (Å²) in [7, 11) is 0. The highest BCUT2D eigenvalue weighted by Crippen LogP contribution is 2.31. The Morgan fingerprint density at radius 1 is 1.00 bits per heavy atom. The summed E-state index contributed by atoms with van der Waals surface area (Å²) in [4.78, 5) is 26.7. The van der Waals surface area contributed by atoms with Gasteiger partial charge in [-0.15, -0.1) is 0 Å². The third-order valence-electron chi connectivity index (χ3n) is 4.86. The fourth-order valence-electron chi connectivity index (χ4n) is 3.11. The number of urea groups is 1. The standard InChI is InChI=1S/C21H23ClN2O2/c1-20(2,3)15-7-5-14(6-8-15)13-24-18(25)21(4,23-19(24)26)16-9-11-17(22)12-10-16/h5-12H,13H2,1-4H3,(H,23,26)/t21-/m1/s1. The summed E-state index contributed by atoms with van der Waals surface area (Å²) >= 11 is 5.93. The van der Waals surface area contributed by atoms with Gasteiger partial charge in [-0.05, 0) is 41.2 Å². The molecule has 0 unspecified atom stereocenters. The lowest BCUT2D eigenvalue weighted by Crippen LogP contribution is -2.40. The second-order valence-corrected chi connectivity index (χ2v) is 8.34. The van der Waals surface area contributed by atoms with Gasteiger partial charge in [-0.3, -0.25) is 9.69 Å². The highest BCUT2D eigenvalue weighted by molar-refractivity contribution is 6.30. The van der Waals surface area contributed by atoms with E-state index in [2.05, 4.69) is 26.1 Å². The van der Waals surface area contributed by atoms with Crippen molar-refractivity contribution in [3.63, 3.8) is 0 Å². The molecule has 26 heavy (non-hydrogen) atoms. The first kappa shape index (κ1) is 18.5. The van der Waals surface area contributed by atoms with Crippen molar-refractivity contribution < 1.29 is 9.59 Å². The lowest BCUT2D eigenvalue weighted by Gasteiger charge is -2.22. The molecule has 3 rings (SSSR count). The SMILES string of the molecule is CC(C)(C)c1ccc(CN2C(=O)N[C@](C)(c3ccc(Cl)cc3)C2=O)cc1. The number of amides is 3. The first-order valence-corrected chi connectivity index (χ1v) is 8.98. The Morgan fingerprint density at radius 3 is 2.12 bits per heavy atom. The van der Waals surface area contributed by atoms with E-state index in [1.54, 1.807) is 31.2 Å².